The fraction of sp³-hybridized carbons (Fsp3) is 0.533. The molecule has 1 aromatic carbocycles. The third-order valence-electron chi connectivity index (χ3n) is 4.00. The van der Waals surface area contributed by atoms with Gasteiger partial charge in [0, 0.05) is 28.8 Å². The number of anilines is 1. The highest BCUT2D eigenvalue weighted by Gasteiger charge is 2.32. The van der Waals surface area contributed by atoms with E-state index in [9.17, 15) is 0 Å². The number of halogens is 1. The Morgan fingerprint density at radius 1 is 1.42 bits per heavy atom. The molecule has 1 fully saturated rings. The summed E-state index contributed by atoms with van der Waals surface area (Å²) in [5, 5.41) is 7.72. The molecular formula is C15H22BrN3. The molecule has 1 atom stereocenters. The van der Waals surface area contributed by atoms with Crippen molar-refractivity contribution >= 4 is 27.5 Å². The Bertz CT molecular complexity index is 491. The van der Waals surface area contributed by atoms with E-state index in [0.717, 1.165) is 28.8 Å². The van der Waals surface area contributed by atoms with Crippen LogP contribution in [-0.4, -0.2) is 18.9 Å². The van der Waals surface area contributed by atoms with Crippen molar-refractivity contribution in [3.05, 3.63) is 28.2 Å². The zero-order chi connectivity index (χ0) is 14.2. The summed E-state index contributed by atoms with van der Waals surface area (Å²) >= 11 is 3.51. The number of nitrogens with zero attached hydrogens (tertiary/aromatic N) is 1. The van der Waals surface area contributed by atoms with Gasteiger partial charge in [0.2, 0.25) is 0 Å². The highest BCUT2D eigenvalue weighted by Crippen LogP contribution is 2.37. The van der Waals surface area contributed by atoms with Crippen LogP contribution in [0.5, 0.6) is 0 Å². The summed E-state index contributed by atoms with van der Waals surface area (Å²) in [7, 11) is 0. The third-order valence-corrected chi connectivity index (χ3v) is 4.50. The zero-order valence-corrected chi connectivity index (χ0v) is 13.4. The van der Waals surface area contributed by atoms with E-state index in [-0.39, 0.29) is 5.84 Å². The van der Waals surface area contributed by atoms with Crippen molar-refractivity contribution in [3.63, 3.8) is 0 Å². The first-order valence-electron chi connectivity index (χ1n) is 6.68. The Hall–Kier alpha value is -1.03. The summed E-state index contributed by atoms with van der Waals surface area (Å²) in [6, 6.07) is 5.94. The number of nitrogen functional groups attached to an aromatic ring is 1. The molecule has 3 nitrogen and oxygen atoms in total. The Kier molecular flexibility index (Phi) is 3.90. The van der Waals surface area contributed by atoms with Gasteiger partial charge in [0.25, 0.3) is 0 Å². The number of amidine groups is 1. The highest BCUT2D eigenvalue weighted by atomic mass is 79.9. The van der Waals surface area contributed by atoms with Gasteiger partial charge in [0.1, 0.15) is 5.84 Å². The molecule has 104 valence electrons. The maximum atomic E-state index is 7.72. The summed E-state index contributed by atoms with van der Waals surface area (Å²) in [4.78, 5) is 2.36. The van der Waals surface area contributed by atoms with E-state index in [1.807, 2.05) is 12.1 Å². The molecule has 0 bridgehead atoms. The fourth-order valence-corrected chi connectivity index (χ4v) is 3.03. The number of hydrogen-bond acceptors (Lipinski definition) is 2. The highest BCUT2D eigenvalue weighted by molar-refractivity contribution is 9.10. The normalized spacial score (nSPS) is 19.8. The van der Waals surface area contributed by atoms with Crippen LogP contribution in [0.4, 0.5) is 5.69 Å². The number of nitrogens with two attached hydrogens (primary N) is 1. The van der Waals surface area contributed by atoms with Crippen molar-refractivity contribution < 1.29 is 0 Å². The van der Waals surface area contributed by atoms with Crippen LogP contribution in [0.2, 0.25) is 0 Å². The molecule has 1 aliphatic heterocycles. The van der Waals surface area contributed by atoms with Crippen LogP contribution < -0.4 is 10.6 Å². The maximum absolute atomic E-state index is 7.72. The fourth-order valence-electron chi connectivity index (χ4n) is 2.68. The maximum Gasteiger partial charge on any atom is 0.124 e. The van der Waals surface area contributed by atoms with E-state index >= 15 is 0 Å². The smallest absolute Gasteiger partial charge is 0.124 e. The molecule has 2 rings (SSSR count). The van der Waals surface area contributed by atoms with E-state index in [2.05, 4.69) is 47.7 Å². The van der Waals surface area contributed by atoms with Gasteiger partial charge in [-0.15, -0.1) is 0 Å². The average Bonchev–Trinajstić information content (AvgIpc) is 2.77. The van der Waals surface area contributed by atoms with Gasteiger partial charge in [-0.3, -0.25) is 5.41 Å². The van der Waals surface area contributed by atoms with Crippen LogP contribution in [0, 0.1) is 16.7 Å². The average molecular weight is 324 g/mol. The van der Waals surface area contributed by atoms with Crippen LogP contribution in [0.25, 0.3) is 0 Å². The van der Waals surface area contributed by atoms with Gasteiger partial charge < -0.3 is 10.6 Å². The molecule has 4 heteroatoms. The molecule has 0 aliphatic carbocycles. The molecule has 1 aromatic rings. The van der Waals surface area contributed by atoms with Crippen LogP contribution in [-0.2, 0) is 0 Å². The molecule has 1 aliphatic rings. The topological polar surface area (TPSA) is 53.1 Å². The first kappa shape index (κ1) is 14.4. The molecule has 0 saturated carbocycles. The molecule has 19 heavy (non-hydrogen) atoms. The van der Waals surface area contributed by atoms with Crippen molar-refractivity contribution in [2.45, 2.75) is 27.2 Å². The Morgan fingerprint density at radius 2 is 2.11 bits per heavy atom. The second-order valence-corrected chi connectivity index (χ2v) is 7.29. The van der Waals surface area contributed by atoms with Gasteiger partial charge in [0.15, 0.2) is 0 Å². The molecular weight excluding hydrogens is 302 g/mol. The van der Waals surface area contributed by atoms with Crippen molar-refractivity contribution in [1.82, 2.24) is 0 Å². The molecule has 1 unspecified atom stereocenters. The summed E-state index contributed by atoms with van der Waals surface area (Å²) in [5.41, 5.74) is 7.93. The zero-order valence-electron chi connectivity index (χ0n) is 11.8. The third kappa shape index (κ3) is 3.11. The minimum absolute atomic E-state index is 0.140. The monoisotopic (exact) mass is 323 g/mol. The minimum Gasteiger partial charge on any atom is -0.384 e. The van der Waals surface area contributed by atoms with Gasteiger partial charge >= 0.3 is 0 Å². The molecule has 0 spiro atoms. The van der Waals surface area contributed by atoms with Gasteiger partial charge in [-0.05, 0) is 36.0 Å². The lowest BCUT2D eigenvalue weighted by atomic mass is 9.80. The first-order valence-corrected chi connectivity index (χ1v) is 7.47. The summed E-state index contributed by atoms with van der Waals surface area (Å²) in [6.45, 7) is 8.98. The lowest BCUT2D eigenvalue weighted by Crippen LogP contribution is -2.27. The second-order valence-electron chi connectivity index (χ2n) is 6.37. The van der Waals surface area contributed by atoms with Gasteiger partial charge in [-0.1, -0.05) is 36.7 Å². The lowest BCUT2D eigenvalue weighted by molar-refractivity contribution is 0.263. The largest absolute Gasteiger partial charge is 0.384 e. The van der Waals surface area contributed by atoms with Crippen LogP contribution in [0.1, 0.15) is 32.8 Å². The van der Waals surface area contributed by atoms with Crippen LogP contribution in [0.15, 0.2) is 22.7 Å². The predicted octanol–water partition coefficient (Wildman–Crippen LogP) is 3.61. The van der Waals surface area contributed by atoms with E-state index in [1.165, 1.54) is 6.42 Å². The molecule has 1 heterocycles. The van der Waals surface area contributed by atoms with E-state index in [1.54, 1.807) is 0 Å². The Morgan fingerprint density at radius 3 is 2.63 bits per heavy atom. The molecule has 1 saturated heterocycles. The van der Waals surface area contributed by atoms with Crippen molar-refractivity contribution in [2.75, 3.05) is 18.0 Å². The summed E-state index contributed by atoms with van der Waals surface area (Å²) < 4.78 is 1.03. The Balaban J connectivity index is 2.28. The number of nitrogens with one attached hydrogen (secondary N) is 1. The quantitative estimate of drug-likeness (QED) is 0.645. The van der Waals surface area contributed by atoms with E-state index in [4.69, 9.17) is 11.1 Å². The van der Waals surface area contributed by atoms with Gasteiger partial charge in [0.05, 0.1) is 0 Å². The van der Waals surface area contributed by atoms with E-state index in [0.29, 0.717) is 11.3 Å². The van der Waals surface area contributed by atoms with Crippen molar-refractivity contribution in [2.24, 2.45) is 17.1 Å². The molecule has 3 N–H and O–H groups in total. The first-order chi connectivity index (χ1) is 8.79. The Labute approximate surface area is 123 Å². The molecule has 0 aromatic heterocycles. The second kappa shape index (κ2) is 5.16. The van der Waals surface area contributed by atoms with Gasteiger partial charge in [-0.25, -0.2) is 0 Å². The minimum atomic E-state index is 0.140. The number of benzene rings is 1. The van der Waals surface area contributed by atoms with Gasteiger partial charge in [-0.2, -0.15) is 0 Å². The van der Waals surface area contributed by atoms with Crippen LogP contribution >= 0.6 is 15.9 Å². The standard InChI is InChI=1S/C15H22BrN3/c1-15(2,3)10-6-7-19(9-10)13-8-11(16)4-5-12(13)14(17)18/h4-5,8,10H,6-7,9H2,1-3H3,(H3,17,18). The lowest BCUT2D eigenvalue weighted by Gasteiger charge is -2.28. The van der Waals surface area contributed by atoms with Crippen LogP contribution in [0.3, 0.4) is 0 Å². The van der Waals surface area contributed by atoms with E-state index < -0.39 is 0 Å². The molecule has 0 radical (unpaired) electrons. The SMILES string of the molecule is CC(C)(C)C1CCN(c2cc(Br)ccc2C(=N)N)C1. The number of rotatable bonds is 2. The number of hydrogen-bond donors (Lipinski definition) is 2. The summed E-state index contributed by atoms with van der Waals surface area (Å²) in [5.74, 6) is 0.827. The van der Waals surface area contributed by atoms with Crippen molar-refractivity contribution in [3.8, 4) is 0 Å². The van der Waals surface area contributed by atoms with Crippen molar-refractivity contribution in [1.29, 1.82) is 5.41 Å². The summed E-state index contributed by atoms with van der Waals surface area (Å²) in [6.07, 6.45) is 1.20. The predicted molar refractivity (Wildman–Crippen MR) is 84.9 cm³/mol. The molecule has 0 amide bonds.